The summed E-state index contributed by atoms with van der Waals surface area (Å²) in [5, 5.41) is 8.58. The molecule has 5 fully saturated rings. The second-order valence-corrected chi connectivity index (χ2v) is 16.1. The van der Waals surface area contributed by atoms with Gasteiger partial charge in [0.1, 0.15) is 35.0 Å². The maximum absolute atomic E-state index is 15.4. The van der Waals surface area contributed by atoms with Gasteiger partial charge in [-0.25, -0.2) is 32.8 Å². The molecule has 0 saturated carbocycles. The fourth-order valence-electron chi connectivity index (χ4n) is 9.57. The Morgan fingerprint density at radius 1 is 0.897 bits per heavy atom. The van der Waals surface area contributed by atoms with Crippen LogP contribution in [0.1, 0.15) is 25.1 Å². The minimum Gasteiger partial charge on any atom is -0.378 e. The number of hydrogen-bond acceptors (Lipinski definition) is 12. The molecule has 0 radical (unpaired) electrons. The topological polar surface area (TPSA) is 138 Å². The quantitative estimate of drug-likeness (QED) is 0.277. The first kappa shape index (κ1) is 35.3. The summed E-state index contributed by atoms with van der Waals surface area (Å²) in [6.07, 6.45) is 5.24. The number of anilines is 3. The number of fused-ring (bicyclic) bond motifs is 8. The van der Waals surface area contributed by atoms with Gasteiger partial charge in [0, 0.05) is 81.8 Å². The van der Waals surface area contributed by atoms with E-state index in [1.54, 1.807) is 23.4 Å². The van der Waals surface area contributed by atoms with Crippen LogP contribution in [0.15, 0.2) is 48.8 Å². The molecule has 12 rings (SSSR count). The first-order valence-electron chi connectivity index (χ1n) is 19.8. The van der Waals surface area contributed by atoms with Gasteiger partial charge >= 0.3 is 0 Å². The monoisotopic (exact) mass is 791 g/mol. The Kier molecular flexibility index (Phi) is 8.12. The zero-order valence-electron chi connectivity index (χ0n) is 31.9. The summed E-state index contributed by atoms with van der Waals surface area (Å²) < 4.78 is 53.4. The molecule has 2 unspecified atom stereocenters. The number of nitrogens with zero attached hydrogens (tertiary/aromatic N) is 12. The predicted molar refractivity (Wildman–Crippen MR) is 208 cm³/mol. The fraction of sp³-hybridized carbons (Fsp3) is 0.425. The van der Waals surface area contributed by atoms with Crippen LogP contribution in [-0.4, -0.2) is 132 Å². The van der Waals surface area contributed by atoms with Gasteiger partial charge in [0.15, 0.2) is 11.5 Å². The molecule has 6 aliphatic rings. The van der Waals surface area contributed by atoms with Crippen molar-refractivity contribution < 1.29 is 22.7 Å². The van der Waals surface area contributed by atoms with Crippen molar-refractivity contribution in [3.05, 3.63) is 72.1 Å². The second kappa shape index (κ2) is 13.3. The van der Waals surface area contributed by atoms with E-state index >= 15 is 8.78 Å². The fourth-order valence-corrected chi connectivity index (χ4v) is 9.57. The van der Waals surface area contributed by atoms with E-state index in [-0.39, 0.29) is 29.7 Å². The standard InChI is InChI=1S/C40H40F3N13O2/c1-21-46-32-12-23(42)10-28-31-6-7-44-39(48-31)47-24-13-34(38(57)51(2)8-3-9-53(21)35(28)32)54(16-24)36-29-15-45-56(33-5-4-22(41)11-30(33)43)37(29)50-40(49-36)55-25-14-26(55)18-52(17-25)27-19-58-20-27/h4-7,10-12,15,24-27,34H,3,8-9,13-14,16-20H2,1-2H3,(H,44,47,48)/t24-,25?,26?,34-/m0/s1. The van der Waals surface area contributed by atoms with Crippen molar-refractivity contribution in [3.8, 4) is 16.9 Å². The van der Waals surface area contributed by atoms with Gasteiger partial charge in [0.2, 0.25) is 17.8 Å². The summed E-state index contributed by atoms with van der Waals surface area (Å²) in [4.78, 5) is 47.5. The molecule has 18 heteroatoms. The minimum atomic E-state index is -0.779. The summed E-state index contributed by atoms with van der Waals surface area (Å²) in [5.41, 5.74) is 2.87. The summed E-state index contributed by atoms with van der Waals surface area (Å²) in [6, 6.07) is 7.83. The highest BCUT2D eigenvalue weighted by molar-refractivity contribution is 5.94. The van der Waals surface area contributed by atoms with Crippen LogP contribution in [0.25, 0.3) is 39.0 Å². The number of carbonyl (C=O) groups excluding carboxylic acids is 1. The molecule has 4 aromatic heterocycles. The van der Waals surface area contributed by atoms with Gasteiger partial charge in [-0.05, 0) is 50.5 Å². The maximum Gasteiger partial charge on any atom is 0.245 e. The Morgan fingerprint density at radius 3 is 2.53 bits per heavy atom. The number of carbonyl (C=O) groups is 1. The third-order valence-corrected chi connectivity index (χ3v) is 12.5. The van der Waals surface area contributed by atoms with E-state index in [4.69, 9.17) is 19.7 Å². The van der Waals surface area contributed by atoms with Crippen LogP contribution < -0.4 is 15.1 Å². The van der Waals surface area contributed by atoms with Crippen molar-refractivity contribution in [2.24, 2.45) is 0 Å². The van der Waals surface area contributed by atoms with E-state index in [1.165, 1.54) is 28.9 Å². The number of piperazine rings is 1. The van der Waals surface area contributed by atoms with E-state index < -0.39 is 23.5 Å². The molecule has 6 aromatic rings. The van der Waals surface area contributed by atoms with E-state index in [2.05, 4.69) is 34.8 Å². The summed E-state index contributed by atoms with van der Waals surface area (Å²) >= 11 is 0. The van der Waals surface area contributed by atoms with Crippen LogP contribution in [0.2, 0.25) is 0 Å². The minimum absolute atomic E-state index is 0.0469. The molecule has 5 saturated heterocycles. The number of amides is 1. The number of hydrogen-bond donors (Lipinski definition) is 1. The van der Waals surface area contributed by atoms with Crippen LogP contribution in [0.3, 0.4) is 0 Å². The molecule has 58 heavy (non-hydrogen) atoms. The van der Waals surface area contributed by atoms with Crippen LogP contribution in [0, 0.1) is 24.4 Å². The highest BCUT2D eigenvalue weighted by atomic mass is 19.1. The molecule has 10 heterocycles. The first-order valence-corrected chi connectivity index (χ1v) is 19.8. The maximum atomic E-state index is 15.4. The molecular weight excluding hydrogens is 752 g/mol. The number of benzene rings is 2. The van der Waals surface area contributed by atoms with Crippen LogP contribution in [0.5, 0.6) is 0 Å². The van der Waals surface area contributed by atoms with Gasteiger partial charge in [-0.3, -0.25) is 9.69 Å². The zero-order valence-corrected chi connectivity index (χ0v) is 31.9. The van der Waals surface area contributed by atoms with Gasteiger partial charge in [0.25, 0.3) is 0 Å². The van der Waals surface area contributed by atoms with Gasteiger partial charge in [-0.15, -0.1) is 0 Å². The van der Waals surface area contributed by atoms with E-state index in [1.807, 2.05) is 18.9 Å². The summed E-state index contributed by atoms with van der Waals surface area (Å²) in [7, 11) is 1.81. The van der Waals surface area contributed by atoms with Gasteiger partial charge < -0.3 is 29.3 Å². The summed E-state index contributed by atoms with van der Waals surface area (Å²) in [5.74, 6) is 0.0586. The van der Waals surface area contributed by atoms with Crippen LogP contribution >= 0.6 is 0 Å². The predicted octanol–water partition coefficient (Wildman–Crippen LogP) is 3.93. The smallest absolute Gasteiger partial charge is 0.245 e. The molecule has 6 aliphatic heterocycles. The molecule has 1 amide bonds. The third-order valence-electron chi connectivity index (χ3n) is 12.5. The largest absolute Gasteiger partial charge is 0.378 e. The van der Waals surface area contributed by atoms with Crippen molar-refractivity contribution >= 4 is 45.7 Å². The van der Waals surface area contributed by atoms with Crippen molar-refractivity contribution in [3.63, 3.8) is 0 Å². The number of halogens is 3. The number of nitrogens with one attached hydrogen (secondary N) is 1. The number of likely N-dealkylation sites (N-methyl/N-ethyl adjacent to an activating group) is 1. The Morgan fingerprint density at radius 2 is 1.74 bits per heavy atom. The van der Waals surface area contributed by atoms with E-state index in [0.29, 0.717) is 84.0 Å². The van der Waals surface area contributed by atoms with Gasteiger partial charge in [0.05, 0.1) is 47.6 Å². The molecule has 0 aliphatic carbocycles. The van der Waals surface area contributed by atoms with Gasteiger partial charge in [-0.2, -0.15) is 15.1 Å². The average Bonchev–Trinajstić information content (AvgIpc) is 3.88. The highest BCUT2D eigenvalue weighted by Gasteiger charge is 2.49. The second-order valence-electron chi connectivity index (χ2n) is 16.1. The highest BCUT2D eigenvalue weighted by Crippen LogP contribution is 2.41. The van der Waals surface area contributed by atoms with Gasteiger partial charge in [-0.1, -0.05) is 0 Å². The Balaban J connectivity index is 1.01. The number of ether oxygens (including phenoxy) is 1. The lowest BCUT2D eigenvalue weighted by atomic mass is 9.86. The molecule has 1 N–H and O–H groups in total. The van der Waals surface area contributed by atoms with Crippen LogP contribution in [0.4, 0.5) is 30.9 Å². The molecule has 0 spiro atoms. The average molecular weight is 792 g/mol. The van der Waals surface area contributed by atoms with Crippen molar-refractivity contribution in [2.75, 3.05) is 61.6 Å². The summed E-state index contributed by atoms with van der Waals surface area (Å²) in [6.45, 7) is 6.39. The number of imidazole rings is 1. The number of piperidine rings is 1. The van der Waals surface area contributed by atoms with E-state index in [9.17, 15) is 9.18 Å². The number of rotatable bonds is 4. The Bertz CT molecular complexity index is 2620. The van der Waals surface area contributed by atoms with Crippen molar-refractivity contribution in [2.45, 2.75) is 62.9 Å². The molecule has 2 aromatic carbocycles. The zero-order chi connectivity index (χ0) is 39.4. The number of aryl methyl sites for hydroxylation is 2. The van der Waals surface area contributed by atoms with E-state index in [0.717, 1.165) is 50.1 Å². The molecule has 15 nitrogen and oxygen atoms in total. The molecule has 6 bridgehead atoms. The number of aromatic nitrogens is 8. The Hall–Kier alpha value is -5.88. The third kappa shape index (κ3) is 5.66. The lowest BCUT2D eigenvalue weighted by Gasteiger charge is -2.58. The van der Waals surface area contributed by atoms with Crippen LogP contribution in [-0.2, 0) is 16.1 Å². The van der Waals surface area contributed by atoms with Crippen molar-refractivity contribution in [1.82, 2.24) is 49.1 Å². The van der Waals surface area contributed by atoms with Crippen molar-refractivity contribution in [1.29, 1.82) is 0 Å². The SMILES string of the molecule is Cc1nc2cc(F)cc3c2n1CCCN(C)C(=O)[C@@H]1C[C@@H](CN1c1nc(N2C4CC2CN(C2COC2)C4)nc2c1cnn2-c1ccc(F)cc1F)Nc1nccc-3n1. The Labute approximate surface area is 330 Å². The lowest BCUT2D eigenvalue weighted by Crippen LogP contribution is -2.72. The first-order chi connectivity index (χ1) is 28.2. The molecule has 4 atom stereocenters. The molecular formula is C40H40F3N13O2. The normalized spacial score (nSPS) is 23.8. The molecule has 298 valence electrons. The lowest BCUT2D eigenvalue weighted by molar-refractivity contribution is -0.131.